The predicted octanol–water partition coefficient (Wildman–Crippen LogP) is 3.81. The summed E-state index contributed by atoms with van der Waals surface area (Å²) in [6.45, 7) is 0. The summed E-state index contributed by atoms with van der Waals surface area (Å²) in [4.78, 5) is 0. The Morgan fingerprint density at radius 1 is 0.833 bits per heavy atom. The van der Waals surface area contributed by atoms with Gasteiger partial charge >= 0.3 is 0 Å². The first kappa shape index (κ1) is 9.31. The number of hydrogen-bond donors (Lipinski definition) is 0. The first-order valence-corrected chi connectivity index (χ1v) is 4.89. The highest BCUT2D eigenvalue weighted by Crippen LogP contribution is 2.06. The van der Waals surface area contributed by atoms with Crippen molar-refractivity contribution in [3.63, 3.8) is 0 Å². The lowest BCUT2D eigenvalue weighted by Crippen LogP contribution is -1.77. The van der Waals surface area contributed by atoms with Crippen LogP contribution in [-0.4, -0.2) is 0 Å². The summed E-state index contributed by atoms with van der Waals surface area (Å²) in [6.07, 6.45) is 21.5. The van der Waals surface area contributed by atoms with Gasteiger partial charge in [-0.2, -0.15) is 0 Å². The Hall–Kier alpha value is -0.780. The first-order valence-electron chi connectivity index (χ1n) is 4.89. The minimum Gasteiger partial charge on any atom is -0.0845 e. The Morgan fingerprint density at radius 3 is 2.42 bits per heavy atom. The molecule has 1 radical (unpaired) electrons. The van der Waals surface area contributed by atoms with E-state index in [-0.39, 0.29) is 0 Å². The molecule has 0 aromatic heterocycles. The van der Waals surface area contributed by atoms with Gasteiger partial charge in [-0.05, 0) is 31.8 Å². The topological polar surface area (TPSA) is 0 Å². The molecule has 12 heavy (non-hydrogen) atoms. The van der Waals surface area contributed by atoms with Crippen LogP contribution >= 0.6 is 0 Å². The zero-order chi connectivity index (χ0) is 8.49. The number of allylic oxidation sites excluding steroid dienone is 6. The maximum Gasteiger partial charge on any atom is -0.0187 e. The lowest BCUT2D eigenvalue weighted by molar-refractivity contribution is 0.652. The first-order chi connectivity index (χ1) is 6.00. The molecule has 0 saturated carbocycles. The molecule has 0 aromatic rings. The van der Waals surface area contributed by atoms with Gasteiger partial charge in [0, 0.05) is 0 Å². The predicted molar refractivity (Wildman–Crippen MR) is 53.8 cm³/mol. The van der Waals surface area contributed by atoms with Gasteiger partial charge in [-0.15, -0.1) is 0 Å². The van der Waals surface area contributed by atoms with Crippen LogP contribution in [0, 0.1) is 6.08 Å². The van der Waals surface area contributed by atoms with Crippen molar-refractivity contribution in [2.75, 3.05) is 0 Å². The summed E-state index contributed by atoms with van der Waals surface area (Å²) < 4.78 is 0. The fourth-order valence-corrected chi connectivity index (χ4v) is 1.30. The monoisotopic (exact) mass is 161 g/mol. The van der Waals surface area contributed by atoms with Crippen molar-refractivity contribution < 1.29 is 0 Å². The Labute approximate surface area is 75.7 Å². The van der Waals surface area contributed by atoms with Crippen molar-refractivity contribution in [3.8, 4) is 0 Å². The molecule has 0 fully saturated rings. The van der Waals surface area contributed by atoms with Crippen LogP contribution in [0.1, 0.15) is 38.5 Å². The molecule has 1 aliphatic carbocycles. The quantitative estimate of drug-likeness (QED) is 0.506. The second-order valence-corrected chi connectivity index (χ2v) is 3.16. The Balaban J connectivity index is 2.32. The van der Waals surface area contributed by atoms with Gasteiger partial charge < -0.3 is 0 Å². The van der Waals surface area contributed by atoms with E-state index < -0.39 is 0 Å². The van der Waals surface area contributed by atoms with Gasteiger partial charge in [0.25, 0.3) is 0 Å². The van der Waals surface area contributed by atoms with Crippen molar-refractivity contribution in [3.05, 3.63) is 36.5 Å². The maximum absolute atomic E-state index is 3.11. The molecule has 0 N–H and O–H groups in total. The van der Waals surface area contributed by atoms with Crippen LogP contribution in [0.25, 0.3) is 0 Å². The van der Waals surface area contributed by atoms with Gasteiger partial charge in [-0.25, -0.2) is 0 Å². The molecular weight excluding hydrogens is 144 g/mol. The Kier molecular flexibility index (Phi) is 5.35. The lowest BCUT2D eigenvalue weighted by Gasteiger charge is -1.96. The zero-order valence-corrected chi connectivity index (χ0v) is 7.63. The summed E-state index contributed by atoms with van der Waals surface area (Å²) in [7, 11) is 0. The van der Waals surface area contributed by atoms with E-state index in [1.807, 2.05) is 12.2 Å². The summed E-state index contributed by atoms with van der Waals surface area (Å²) in [5.74, 6) is 0. The van der Waals surface area contributed by atoms with Crippen LogP contribution in [0.4, 0.5) is 0 Å². The van der Waals surface area contributed by atoms with Crippen molar-refractivity contribution in [2.24, 2.45) is 0 Å². The molecule has 0 heteroatoms. The highest BCUT2D eigenvalue weighted by Gasteiger charge is 1.87. The van der Waals surface area contributed by atoms with Gasteiger partial charge in [0.2, 0.25) is 0 Å². The molecule has 0 unspecified atom stereocenters. The summed E-state index contributed by atoms with van der Waals surface area (Å²) >= 11 is 0. The molecular formula is C12H17. The third kappa shape index (κ3) is 4.95. The molecule has 0 nitrogen and oxygen atoms in total. The highest BCUT2D eigenvalue weighted by atomic mass is 13.9. The fourth-order valence-electron chi connectivity index (χ4n) is 1.30. The van der Waals surface area contributed by atoms with E-state index in [1.54, 1.807) is 0 Å². The molecule has 0 spiro atoms. The van der Waals surface area contributed by atoms with E-state index in [0.717, 1.165) is 0 Å². The normalized spacial score (nSPS) is 20.0. The second-order valence-electron chi connectivity index (χ2n) is 3.16. The molecule has 0 atom stereocenters. The smallest absolute Gasteiger partial charge is 0.0187 e. The van der Waals surface area contributed by atoms with Gasteiger partial charge in [0.05, 0.1) is 0 Å². The molecule has 0 heterocycles. The van der Waals surface area contributed by atoms with E-state index in [4.69, 9.17) is 0 Å². The maximum atomic E-state index is 3.11. The molecule has 0 aromatic carbocycles. The SMILES string of the molecule is [C]1=CC=CCCCCCCC=C1. The van der Waals surface area contributed by atoms with E-state index in [0.29, 0.717) is 0 Å². The van der Waals surface area contributed by atoms with E-state index >= 15 is 0 Å². The number of hydrogen-bond acceptors (Lipinski definition) is 0. The van der Waals surface area contributed by atoms with Crippen LogP contribution < -0.4 is 0 Å². The molecule has 1 rings (SSSR count). The highest BCUT2D eigenvalue weighted by molar-refractivity contribution is 5.05. The second kappa shape index (κ2) is 6.90. The van der Waals surface area contributed by atoms with Crippen molar-refractivity contribution in [2.45, 2.75) is 38.5 Å². The lowest BCUT2D eigenvalue weighted by atomic mass is 10.1. The van der Waals surface area contributed by atoms with Crippen molar-refractivity contribution in [1.29, 1.82) is 0 Å². The molecule has 0 bridgehead atoms. The van der Waals surface area contributed by atoms with E-state index in [1.165, 1.54) is 38.5 Å². The third-order valence-electron chi connectivity index (χ3n) is 2.03. The standard InChI is InChI=1S/C12H17/c1-2-4-6-8-10-12-11-9-7-5-3-1/h1-3,7,9H,4,6,8,10-12H2. The minimum absolute atomic E-state index is 1.21. The molecule has 0 aliphatic heterocycles. The van der Waals surface area contributed by atoms with E-state index in [2.05, 4.69) is 24.3 Å². The summed E-state index contributed by atoms with van der Waals surface area (Å²) in [5, 5.41) is 0. The molecule has 0 amide bonds. The van der Waals surface area contributed by atoms with Crippen LogP contribution in [0.3, 0.4) is 0 Å². The average molecular weight is 161 g/mol. The van der Waals surface area contributed by atoms with Gasteiger partial charge in [0.1, 0.15) is 0 Å². The van der Waals surface area contributed by atoms with Gasteiger partial charge in [-0.1, -0.05) is 43.2 Å². The molecule has 65 valence electrons. The van der Waals surface area contributed by atoms with Crippen molar-refractivity contribution >= 4 is 0 Å². The van der Waals surface area contributed by atoms with Gasteiger partial charge in [-0.3, -0.25) is 0 Å². The van der Waals surface area contributed by atoms with E-state index in [9.17, 15) is 0 Å². The fraction of sp³-hybridized carbons (Fsp3) is 0.500. The zero-order valence-electron chi connectivity index (χ0n) is 7.63. The molecule has 1 aliphatic rings. The van der Waals surface area contributed by atoms with Crippen LogP contribution in [0.2, 0.25) is 0 Å². The Morgan fingerprint density at radius 2 is 1.58 bits per heavy atom. The van der Waals surface area contributed by atoms with Crippen LogP contribution in [-0.2, 0) is 0 Å². The number of rotatable bonds is 0. The van der Waals surface area contributed by atoms with Crippen LogP contribution in [0.15, 0.2) is 30.4 Å². The average Bonchev–Trinajstić information content (AvgIpc) is 2.05. The third-order valence-corrected chi connectivity index (χ3v) is 2.03. The van der Waals surface area contributed by atoms with Gasteiger partial charge in [0.15, 0.2) is 0 Å². The Bertz CT molecular complexity index is 152. The summed E-state index contributed by atoms with van der Waals surface area (Å²) in [6, 6.07) is 0. The largest absolute Gasteiger partial charge is 0.0845 e. The minimum atomic E-state index is 1.21. The summed E-state index contributed by atoms with van der Waals surface area (Å²) in [5.41, 5.74) is 0. The van der Waals surface area contributed by atoms with Crippen LogP contribution in [0.5, 0.6) is 0 Å². The molecule has 0 saturated heterocycles. The van der Waals surface area contributed by atoms with Crippen molar-refractivity contribution in [1.82, 2.24) is 0 Å².